The molecule has 2 heterocycles. The van der Waals surface area contributed by atoms with Crippen LogP contribution >= 0.6 is 11.8 Å². The number of imidazole rings is 1. The van der Waals surface area contributed by atoms with Crippen LogP contribution in [0, 0.1) is 6.92 Å². The van der Waals surface area contributed by atoms with E-state index in [9.17, 15) is 4.79 Å². The van der Waals surface area contributed by atoms with Gasteiger partial charge in [-0.1, -0.05) is 48.2 Å². The van der Waals surface area contributed by atoms with E-state index in [4.69, 9.17) is 9.72 Å². The van der Waals surface area contributed by atoms with Gasteiger partial charge in [0.15, 0.2) is 5.16 Å². The van der Waals surface area contributed by atoms with Crippen molar-refractivity contribution in [2.75, 3.05) is 19.8 Å². The van der Waals surface area contributed by atoms with Crippen LogP contribution in [0.25, 0.3) is 11.0 Å². The van der Waals surface area contributed by atoms with Crippen LogP contribution < -0.4 is 5.32 Å². The first-order valence-electron chi connectivity index (χ1n) is 11.6. The Labute approximate surface area is 204 Å². The van der Waals surface area contributed by atoms with Crippen LogP contribution in [0.5, 0.6) is 0 Å². The van der Waals surface area contributed by atoms with Gasteiger partial charge in [-0.25, -0.2) is 4.98 Å². The molecule has 0 saturated heterocycles. The fourth-order valence-corrected chi connectivity index (χ4v) is 4.78. The summed E-state index contributed by atoms with van der Waals surface area (Å²) >= 11 is 1.73. The van der Waals surface area contributed by atoms with Gasteiger partial charge in [0.25, 0.3) is 5.91 Å². The van der Waals surface area contributed by atoms with Crippen molar-refractivity contribution in [1.82, 2.24) is 19.9 Å². The summed E-state index contributed by atoms with van der Waals surface area (Å²) in [6, 6.07) is 18.2. The van der Waals surface area contributed by atoms with Crippen molar-refractivity contribution in [3.63, 3.8) is 0 Å². The highest BCUT2D eigenvalue weighted by Gasteiger charge is 2.13. The number of aryl methyl sites for hydroxylation is 1. The Morgan fingerprint density at radius 3 is 2.74 bits per heavy atom. The van der Waals surface area contributed by atoms with Crippen LogP contribution in [0.4, 0.5) is 0 Å². The largest absolute Gasteiger partial charge is 0.382 e. The maximum atomic E-state index is 12.4. The highest BCUT2D eigenvalue weighted by Crippen LogP contribution is 2.28. The van der Waals surface area contributed by atoms with Crippen LogP contribution in [0.15, 0.2) is 72.1 Å². The molecule has 34 heavy (non-hydrogen) atoms. The van der Waals surface area contributed by atoms with Crippen LogP contribution in [-0.4, -0.2) is 40.2 Å². The first-order chi connectivity index (χ1) is 16.7. The summed E-state index contributed by atoms with van der Waals surface area (Å²) in [5, 5.41) is 3.91. The average Bonchev–Trinajstić information content (AvgIpc) is 3.21. The van der Waals surface area contributed by atoms with Gasteiger partial charge in [0.05, 0.1) is 23.8 Å². The molecule has 2 aromatic heterocycles. The second-order valence-corrected chi connectivity index (χ2v) is 9.01. The van der Waals surface area contributed by atoms with Gasteiger partial charge >= 0.3 is 0 Å². The van der Waals surface area contributed by atoms with E-state index in [1.165, 1.54) is 11.1 Å². The normalized spacial score (nSPS) is 11.1. The number of benzene rings is 2. The molecule has 7 heteroatoms. The Morgan fingerprint density at radius 1 is 1.12 bits per heavy atom. The third kappa shape index (κ3) is 6.04. The molecule has 176 valence electrons. The number of carbonyl (C=O) groups excluding carboxylic acids is 1. The molecule has 0 unspecified atom stereocenters. The summed E-state index contributed by atoms with van der Waals surface area (Å²) in [4.78, 5) is 21.6. The molecule has 1 N–H and O–H groups in total. The molecule has 0 fully saturated rings. The maximum absolute atomic E-state index is 12.4. The van der Waals surface area contributed by atoms with Crippen molar-refractivity contribution in [1.29, 1.82) is 0 Å². The molecular formula is C27H30N4O2S. The number of rotatable bonds is 11. The third-order valence-corrected chi connectivity index (χ3v) is 6.67. The summed E-state index contributed by atoms with van der Waals surface area (Å²) in [5.74, 6) is 0.793. The van der Waals surface area contributed by atoms with Gasteiger partial charge in [-0.3, -0.25) is 9.78 Å². The van der Waals surface area contributed by atoms with E-state index in [0.717, 1.165) is 33.9 Å². The van der Waals surface area contributed by atoms with E-state index in [2.05, 4.69) is 46.1 Å². The van der Waals surface area contributed by atoms with E-state index < -0.39 is 0 Å². The predicted molar refractivity (Wildman–Crippen MR) is 137 cm³/mol. The molecule has 0 spiro atoms. The molecule has 2 aromatic carbocycles. The van der Waals surface area contributed by atoms with Crippen molar-refractivity contribution in [3.8, 4) is 0 Å². The number of pyridine rings is 1. The minimum Gasteiger partial charge on any atom is -0.382 e. The Balaban J connectivity index is 1.46. The number of nitrogens with one attached hydrogen (secondary N) is 1. The number of carbonyl (C=O) groups is 1. The number of fused-ring (bicyclic) bond motifs is 1. The Kier molecular flexibility index (Phi) is 8.33. The molecule has 0 radical (unpaired) electrons. The lowest BCUT2D eigenvalue weighted by molar-refractivity contribution is 0.0944. The van der Waals surface area contributed by atoms with Crippen LogP contribution in [0.2, 0.25) is 0 Å². The third-order valence-electron chi connectivity index (χ3n) is 5.65. The first kappa shape index (κ1) is 24.0. The molecule has 0 bridgehead atoms. The lowest BCUT2D eigenvalue weighted by Gasteiger charge is -2.11. The molecule has 4 rings (SSSR count). The minimum atomic E-state index is -0.0604. The summed E-state index contributed by atoms with van der Waals surface area (Å²) < 4.78 is 7.51. The van der Waals surface area contributed by atoms with Gasteiger partial charge < -0.3 is 14.6 Å². The zero-order valence-electron chi connectivity index (χ0n) is 19.7. The van der Waals surface area contributed by atoms with E-state index in [1.807, 2.05) is 43.5 Å². The Hall–Kier alpha value is -3.16. The number of hydrogen-bond donors (Lipinski definition) is 1. The monoisotopic (exact) mass is 474 g/mol. The maximum Gasteiger partial charge on any atom is 0.251 e. The number of thioether (sulfide) groups is 1. The highest BCUT2D eigenvalue weighted by atomic mass is 32.2. The number of amides is 1. The smallest absolute Gasteiger partial charge is 0.251 e. The lowest BCUT2D eigenvalue weighted by atomic mass is 10.1. The van der Waals surface area contributed by atoms with E-state index in [0.29, 0.717) is 31.9 Å². The van der Waals surface area contributed by atoms with Gasteiger partial charge in [-0.15, -0.1) is 0 Å². The number of nitrogens with zero attached hydrogens (tertiary/aromatic N) is 3. The van der Waals surface area contributed by atoms with Crippen molar-refractivity contribution >= 4 is 28.7 Å². The molecule has 0 aliphatic heterocycles. The molecular weight excluding hydrogens is 444 g/mol. The first-order valence-corrected chi connectivity index (χ1v) is 12.6. The van der Waals surface area contributed by atoms with Crippen molar-refractivity contribution in [2.45, 2.75) is 37.7 Å². The highest BCUT2D eigenvalue weighted by molar-refractivity contribution is 7.98. The van der Waals surface area contributed by atoms with Crippen molar-refractivity contribution < 1.29 is 9.53 Å². The zero-order valence-corrected chi connectivity index (χ0v) is 20.5. The Morgan fingerprint density at radius 2 is 1.94 bits per heavy atom. The van der Waals surface area contributed by atoms with Gasteiger partial charge in [0.2, 0.25) is 0 Å². The summed E-state index contributed by atoms with van der Waals surface area (Å²) in [6.07, 6.45) is 4.45. The van der Waals surface area contributed by atoms with Gasteiger partial charge in [0.1, 0.15) is 0 Å². The van der Waals surface area contributed by atoms with Gasteiger partial charge in [-0.05, 0) is 55.2 Å². The molecule has 1 amide bonds. The summed E-state index contributed by atoms with van der Waals surface area (Å²) in [5.41, 5.74) is 6.29. The van der Waals surface area contributed by atoms with Crippen LogP contribution in [-0.2, 0) is 17.0 Å². The summed E-state index contributed by atoms with van der Waals surface area (Å²) in [6.45, 7) is 6.73. The van der Waals surface area contributed by atoms with E-state index in [1.54, 1.807) is 18.0 Å². The molecule has 0 aliphatic rings. The molecule has 6 nitrogen and oxygen atoms in total. The second-order valence-electron chi connectivity index (χ2n) is 8.06. The topological polar surface area (TPSA) is 69.0 Å². The van der Waals surface area contributed by atoms with Crippen molar-refractivity contribution in [2.24, 2.45) is 0 Å². The average molecular weight is 475 g/mol. The number of hydrogen-bond acceptors (Lipinski definition) is 5. The van der Waals surface area contributed by atoms with Gasteiger partial charge in [0, 0.05) is 37.3 Å². The number of aromatic nitrogens is 3. The van der Waals surface area contributed by atoms with E-state index >= 15 is 0 Å². The fraction of sp³-hybridized carbons (Fsp3) is 0.296. The van der Waals surface area contributed by atoms with E-state index in [-0.39, 0.29) is 5.91 Å². The molecule has 4 aromatic rings. The SMILES string of the molecule is CCOCCCNC(=O)c1ccc(Cn2c(SCc3ccccc3C)nc3ccncc32)cc1. The molecule has 0 saturated carbocycles. The molecule has 0 atom stereocenters. The molecule has 0 aliphatic carbocycles. The minimum absolute atomic E-state index is 0.0604. The van der Waals surface area contributed by atoms with Gasteiger partial charge in [-0.2, -0.15) is 0 Å². The number of ether oxygens (including phenoxy) is 1. The second kappa shape index (κ2) is 11.8. The van der Waals surface area contributed by atoms with Crippen LogP contribution in [0.1, 0.15) is 40.4 Å². The van der Waals surface area contributed by atoms with Crippen molar-refractivity contribution in [3.05, 3.63) is 89.2 Å². The summed E-state index contributed by atoms with van der Waals surface area (Å²) in [7, 11) is 0. The van der Waals surface area contributed by atoms with Crippen LogP contribution in [0.3, 0.4) is 0 Å². The lowest BCUT2D eigenvalue weighted by Crippen LogP contribution is -2.25. The Bertz CT molecular complexity index is 1240. The zero-order chi connectivity index (χ0) is 23.8. The fourth-order valence-electron chi connectivity index (χ4n) is 3.69. The standard InChI is InChI=1S/C27H30N4O2S/c1-3-33-16-6-14-29-26(32)22-11-9-21(10-12-22)18-31-25-17-28-15-13-24(25)30-27(31)34-19-23-8-5-4-7-20(23)2/h4-5,7-13,15,17H,3,6,14,16,18-19H2,1-2H3,(H,29,32). The quantitative estimate of drug-likeness (QED) is 0.238. The predicted octanol–water partition coefficient (Wildman–Crippen LogP) is 5.24.